The van der Waals surface area contributed by atoms with E-state index in [4.69, 9.17) is 9.72 Å². The lowest BCUT2D eigenvalue weighted by molar-refractivity contribution is -0.156. The third-order valence-electron chi connectivity index (χ3n) is 7.87. The van der Waals surface area contributed by atoms with Crippen LogP contribution in [0.1, 0.15) is 52.1 Å². The average molecular weight is 601 g/mol. The summed E-state index contributed by atoms with van der Waals surface area (Å²) in [6.45, 7) is 10.8. The Hall–Kier alpha value is -4.50. The Morgan fingerprint density at radius 1 is 1.14 bits per heavy atom. The number of carbonyl (C=O) groups excluding carboxylic acids is 1. The summed E-state index contributed by atoms with van der Waals surface area (Å²) in [5.41, 5.74) is 0.605. The minimum atomic E-state index is -0.552. The molecule has 0 saturated carbocycles. The van der Waals surface area contributed by atoms with Crippen molar-refractivity contribution in [3.63, 3.8) is 0 Å². The van der Waals surface area contributed by atoms with Crippen molar-refractivity contribution in [1.82, 2.24) is 33.6 Å². The first-order valence-corrected chi connectivity index (χ1v) is 14.9. The lowest BCUT2D eigenvalue weighted by Crippen LogP contribution is -2.49. The van der Waals surface area contributed by atoms with Gasteiger partial charge in [-0.2, -0.15) is 4.98 Å². The van der Waals surface area contributed by atoms with Crippen molar-refractivity contribution in [2.24, 2.45) is 7.05 Å². The van der Waals surface area contributed by atoms with E-state index < -0.39 is 16.9 Å². The standard InChI is InChI=1S/C32H40N8O4/c1-8-9-17-39-27-28(35-30(39)38-16-12-13-22(18-38)36(6)20-26(41)44-32(3,4)5)37(7)31(43)40(29(27)42)19-25-33-21(2)23-14-10-11-15-24(23)34-25/h10-11,14-15,22H,12-13,16-20H2,1-7H3. The molecule has 1 aliphatic rings. The molecule has 0 amide bonds. The third-order valence-corrected chi connectivity index (χ3v) is 7.87. The van der Waals surface area contributed by atoms with E-state index >= 15 is 0 Å². The number of hydrogen-bond acceptors (Lipinski definition) is 9. The molecule has 44 heavy (non-hydrogen) atoms. The Morgan fingerprint density at radius 2 is 1.89 bits per heavy atom. The number of hydrogen-bond donors (Lipinski definition) is 0. The second-order valence-corrected chi connectivity index (χ2v) is 12.3. The van der Waals surface area contributed by atoms with Gasteiger partial charge >= 0.3 is 11.7 Å². The maximum Gasteiger partial charge on any atom is 0.332 e. The van der Waals surface area contributed by atoms with Gasteiger partial charge in [0.1, 0.15) is 11.4 Å². The van der Waals surface area contributed by atoms with Crippen LogP contribution in [0.25, 0.3) is 22.1 Å². The molecule has 1 saturated heterocycles. The summed E-state index contributed by atoms with van der Waals surface area (Å²) in [7, 11) is 3.54. The van der Waals surface area contributed by atoms with Gasteiger partial charge in [0.05, 0.1) is 25.2 Å². The number of anilines is 1. The number of likely N-dealkylation sites (N-methyl/N-ethyl adjacent to an activating group) is 1. The van der Waals surface area contributed by atoms with E-state index in [1.807, 2.05) is 63.9 Å². The van der Waals surface area contributed by atoms with Crippen LogP contribution in [0.4, 0.5) is 5.95 Å². The normalized spacial score (nSPS) is 15.5. The summed E-state index contributed by atoms with van der Waals surface area (Å²) in [5.74, 6) is 6.67. The van der Waals surface area contributed by atoms with Gasteiger partial charge in [0, 0.05) is 37.3 Å². The molecule has 0 radical (unpaired) electrons. The molecule has 1 atom stereocenters. The van der Waals surface area contributed by atoms with E-state index in [0.717, 1.165) is 29.4 Å². The molecule has 0 spiro atoms. The molecular formula is C32H40N8O4. The van der Waals surface area contributed by atoms with E-state index in [0.29, 0.717) is 36.0 Å². The number of fused-ring (bicyclic) bond motifs is 2. The number of imidazole rings is 1. The predicted molar refractivity (Wildman–Crippen MR) is 170 cm³/mol. The maximum atomic E-state index is 14.0. The quantitative estimate of drug-likeness (QED) is 0.233. The van der Waals surface area contributed by atoms with Crippen molar-refractivity contribution in [1.29, 1.82) is 0 Å². The molecule has 1 fully saturated rings. The summed E-state index contributed by atoms with van der Waals surface area (Å²) >= 11 is 0. The van der Waals surface area contributed by atoms with Gasteiger partial charge in [0.2, 0.25) is 5.95 Å². The highest BCUT2D eigenvalue weighted by atomic mass is 16.6. The van der Waals surface area contributed by atoms with Crippen LogP contribution in [0.2, 0.25) is 0 Å². The SMILES string of the molecule is CC#CCn1c(N2CCCC(N(C)CC(=O)OC(C)(C)C)C2)nc2c1c(=O)n(Cc1nc(C)c3ccccc3n1)c(=O)n2C. The molecule has 232 valence electrons. The number of rotatable bonds is 7. The molecule has 0 bridgehead atoms. The van der Waals surface area contributed by atoms with Crippen LogP contribution in [-0.4, -0.2) is 77.8 Å². The average Bonchev–Trinajstić information content (AvgIpc) is 3.36. The summed E-state index contributed by atoms with van der Waals surface area (Å²) in [6.07, 6.45) is 1.77. The van der Waals surface area contributed by atoms with Crippen molar-refractivity contribution < 1.29 is 9.53 Å². The predicted octanol–water partition coefficient (Wildman–Crippen LogP) is 2.46. The number of ether oxygens (including phenoxy) is 1. The third kappa shape index (κ3) is 6.24. The first kappa shape index (κ1) is 30.9. The highest BCUT2D eigenvalue weighted by Gasteiger charge is 2.30. The van der Waals surface area contributed by atoms with Crippen LogP contribution >= 0.6 is 0 Å². The Bertz CT molecular complexity index is 1900. The molecule has 1 unspecified atom stereocenters. The second kappa shape index (κ2) is 12.2. The monoisotopic (exact) mass is 600 g/mol. The second-order valence-electron chi connectivity index (χ2n) is 12.3. The van der Waals surface area contributed by atoms with Crippen molar-refractivity contribution in [2.75, 3.05) is 31.6 Å². The Labute approximate surface area is 256 Å². The summed E-state index contributed by atoms with van der Waals surface area (Å²) in [4.78, 5) is 58.3. The van der Waals surface area contributed by atoms with Crippen molar-refractivity contribution in [3.8, 4) is 11.8 Å². The van der Waals surface area contributed by atoms with Crippen molar-refractivity contribution >= 4 is 34.0 Å². The molecule has 5 rings (SSSR count). The first-order valence-electron chi connectivity index (χ1n) is 14.9. The number of para-hydroxylation sites is 1. The largest absolute Gasteiger partial charge is 0.459 e. The van der Waals surface area contributed by atoms with Gasteiger partial charge in [0.15, 0.2) is 11.2 Å². The first-order chi connectivity index (χ1) is 20.9. The van der Waals surface area contributed by atoms with Crippen LogP contribution < -0.4 is 16.1 Å². The molecule has 1 aromatic carbocycles. The minimum Gasteiger partial charge on any atom is -0.459 e. The zero-order valence-electron chi connectivity index (χ0n) is 26.5. The fourth-order valence-corrected chi connectivity index (χ4v) is 5.76. The van der Waals surface area contributed by atoms with Gasteiger partial charge in [-0.15, -0.1) is 5.92 Å². The number of carbonyl (C=O) groups is 1. The number of aromatic nitrogens is 6. The van der Waals surface area contributed by atoms with Gasteiger partial charge in [-0.25, -0.2) is 14.8 Å². The van der Waals surface area contributed by atoms with Crippen LogP contribution in [0, 0.1) is 18.8 Å². The number of benzene rings is 1. The molecule has 0 N–H and O–H groups in total. The topological polar surface area (TPSA) is 120 Å². The highest BCUT2D eigenvalue weighted by Crippen LogP contribution is 2.25. The fourth-order valence-electron chi connectivity index (χ4n) is 5.76. The number of esters is 1. The molecule has 12 heteroatoms. The molecule has 12 nitrogen and oxygen atoms in total. The van der Waals surface area contributed by atoms with Crippen LogP contribution in [0.3, 0.4) is 0 Å². The Balaban J connectivity index is 1.53. The molecule has 3 aromatic heterocycles. The molecule has 1 aliphatic heterocycles. The van der Waals surface area contributed by atoms with Gasteiger partial charge in [-0.1, -0.05) is 24.1 Å². The van der Waals surface area contributed by atoms with Crippen LogP contribution in [0.15, 0.2) is 33.9 Å². The highest BCUT2D eigenvalue weighted by molar-refractivity contribution is 5.80. The number of aryl methyl sites for hydroxylation is 2. The van der Waals surface area contributed by atoms with E-state index in [-0.39, 0.29) is 31.6 Å². The van der Waals surface area contributed by atoms with Crippen molar-refractivity contribution in [3.05, 3.63) is 56.6 Å². The Kier molecular flexibility index (Phi) is 8.61. The molecule has 0 aliphatic carbocycles. The zero-order chi connectivity index (χ0) is 31.8. The summed E-state index contributed by atoms with van der Waals surface area (Å²) in [6, 6.07) is 7.72. The lowest BCUT2D eigenvalue weighted by Gasteiger charge is -2.38. The zero-order valence-corrected chi connectivity index (χ0v) is 26.5. The van der Waals surface area contributed by atoms with Crippen LogP contribution in [0.5, 0.6) is 0 Å². The maximum absolute atomic E-state index is 14.0. The molecule has 4 heterocycles. The van der Waals surface area contributed by atoms with E-state index in [9.17, 15) is 14.4 Å². The van der Waals surface area contributed by atoms with Gasteiger partial charge in [0.25, 0.3) is 5.56 Å². The lowest BCUT2D eigenvalue weighted by atomic mass is 10.0. The smallest absolute Gasteiger partial charge is 0.332 e. The van der Waals surface area contributed by atoms with Gasteiger partial charge < -0.3 is 9.64 Å². The van der Waals surface area contributed by atoms with E-state index in [1.165, 1.54) is 9.13 Å². The molecule has 4 aromatic rings. The summed E-state index contributed by atoms with van der Waals surface area (Å²) < 4.78 is 9.90. The Morgan fingerprint density at radius 3 is 2.61 bits per heavy atom. The van der Waals surface area contributed by atoms with Crippen LogP contribution in [-0.2, 0) is 29.7 Å². The van der Waals surface area contributed by atoms with Gasteiger partial charge in [-0.05, 0) is 60.6 Å². The molecular weight excluding hydrogens is 560 g/mol. The number of piperidine rings is 1. The number of nitrogens with zero attached hydrogens (tertiary/aromatic N) is 8. The minimum absolute atomic E-state index is 0.0653. The van der Waals surface area contributed by atoms with E-state index in [1.54, 1.807) is 18.5 Å². The fraction of sp³-hybridized carbons (Fsp3) is 0.500. The van der Waals surface area contributed by atoms with E-state index in [2.05, 4.69) is 26.7 Å². The van der Waals surface area contributed by atoms with Gasteiger partial charge in [-0.3, -0.25) is 28.2 Å². The van der Waals surface area contributed by atoms with Crippen molar-refractivity contribution in [2.45, 2.75) is 72.2 Å². The summed E-state index contributed by atoms with van der Waals surface area (Å²) in [5, 5.41) is 0.921.